The first-order valence-electron chi connectivity index (χ1n) is 6.37. The molecule has 0 fully saturated rings. The second kappa shape index (κ2) is 5.24. The Kier molecular flexibility index (Phi) is 3.27. The molecule has 6 nitrogen and oxygen atoms in total. The van der Waals surface area contributed by atoms with Gasteiger partial charge in [-0.3, -0.25) is 0 Å². The van der Waals surface area contributed by atoms with Crippen molar-refractivity contribution < 1.29 is 9.15 Å². The van der Waals surface area contributed by atoms with Crippen LogP contribution in [0.3, 0.4) is 0 Å². The number of aromatic nitrogens is 3. The fourth-order valence-electron chi connectivity index (χ4n) is 1.99. The van der Waals surface area contributed by atoms with Gasteiger partial charge in [0.25, 0.3) is 0 Å². The maximum Gasteiger partial charge on any atom is 0.221 e. The molecule has 0 bridgehead atoms. The minimum absolute atomic E-state index is 0.187. The molecule has 0 aliphatic carbocycles. The summed E-state index contributed by atoms with van der Waals surface area (Å²) >= 11 is 0. The molecule has 0 spiro atoms. The molecular formula is C15H14N4O2. The monoisotopic (exact) mass is 282 g/mol. The second-order valence-corrected chi connectivity index (χ2v) is 4.49. The molecule has 0 aromatic carbocycles. The van der Waals surface area contributed by atoms with Crippen molar-refractivity contribution in [2.75, 3.05) is 12.8 Å². The van der Waals surface area contributed by atoms with Gasteiger partial charge < -0.3 is 14.9 Å². The van der Waals surface area contributed by atoms with Crippen molar-refractivity contribution in [1.82, 2.24) is 15.0 Å². The highest BCUT2D eigenvalue weighted by Gasteiger charge is 2.10. The summed E-state index contributed by atoms with van der Waals surface area (Å²) in [4.78, 5) is 12.5. The lowest BCUT2D eigenvalue weighted by Crippen LogP contribution is -1.98. The van der Waals surface area contributed by atoms with Gasteiger partial charge in [-0.15, -0.1) is 0 Å². The van der Waals surface area contributed by atoms with E-state index < -0.39 is 0 Å². The van der Waals surface area contributed by atoms with Crippen LogP contribution in [0.1, 0.15) is 5.76 Å². The maximum absolute atomic E-state index is 5.80. The van der Waals surface area contributed by atoms with E-state index in [4.69, 9.17) is 14.9 Å². The number of nitrogens with zero attached hydrogens (tertiary/aromatic N) is 3. The van der Waals surface area contributed by atoms with Gasteiger partial charge in [0.15, 0.2) is 5.76 Å². The van der Waals surface area contributed by atoms with E-state index in [-0.39, 0.29) is 5.95 Å². The molecular weight excluding hydrogens is 268 g/mol. The summed E-state index contributed by atoms with van der Waals surface area (Å²) in [6.45, 7) is 1.88. The van der Waals surface area contributed by atoms with Crippen molar-refractivity contribution in [3.63, 3.8) is 0 Å². The zero-order valence-electron chi connectivity index (χ0n) is 11.7. The highest BCUT2D eigenvalue weighted by Crippen LogP contribution is 2.26. The highest BCUT2D eigenvalue weighted by atomic mass is 16.5. The van der Waals surface area contributed by atoms with Crippen molar-refractivity contribution in [1.29, 1.82) is 0 Å². The van der Waals surface area contributed by atoms with Gasteiger partial charge in [-0.05, 0) is 31.2 Å². The number of methoxy groups -OCH3 is 1. The molecule has 106 valence electrons. The van der Waals surface area contributed by atoms with Crippen LogP contribution in [0.25, 0.3) is 22.7 Å². The Labute approximate surface area is 121 Å². The van der Waals surface area contributed by atoms with E-state index >= 15 is 0 Å². The molecule has 3 heterocycles. The van der Waals surface area contributed by atoms with Gasteiger partial charge in [-0.1, -0.05) is 0 Å². The SMILES string of the molecule is COc1cc(-c2cc(-c3ccc(C)o3)nc(N)n2)ccn1. The number of hydrogen-bond donors (Lipinski definition) is 1. The molecule has 0 radical (unpaired) electrons. The number of rotatable bonds is 3. The summed E-state index contributed by atoms with van der Waals surface area (Å²) in [6, 6.07) is 9.18. The fraction of sp³-hybridized carbons (Fsp3) is 0.133. The third kappa shape index (κ3) is 2.69. The summed E-state index contributed by atoms with van der Waals surface area (Å²) in [7, 11) is 1.57. The van der Waals surface area contributed by atoms with E-state index in [1.165, 1.54) is 0 Å². The van der Waals surface area contributed by atoms with Gasteiger partial charge in [0.2, 0.25) is 11.8 Å². The highest BCUT2D eigenvalue weighted by molar-refractivity contribution is 5.67. The molecule has 0 atom stereocenters. The Hall–Kier alpha value is -2.89. The average molecular weight is 282 g/mol. The predicted octanol–water partition coefficient (Wildman–Crippen LogP) is 2.70. The van der Waals surface area contributed by atoms with E-state index in [0.717, 1.165) is 11.3 Å². The largest absolute Gasteiger partial charge is 0.481 e. The van der Waals surface area contributed by atoms with Crippen LogP contribution in [0.4, 0.5) is 5.95 Å². The van der Waals surface area contributed by atoms with Crippen molar-refractivity contribution in [3.8, 4) is 28.6 Å². The lowest BCUT2D eigenvalue weighted by molar-refractivity contribution is 0.398. The summed E-state index contributed by atoms with van der Waals surface area (Å²) in [5.74, 6) is 2.17. The second-order valence-electron chi connectivity index (χ2n) is 4.49. The van der Waals surface area contributed by atoms with Gasteiger partial charge in [0.05, 0.1) is 12.8 Å². The van der Waals surface area contributed by atoms with Crippen molar-refractivity contribution >= 4 is 5.95 Å². The third-order valence-corrected chi connectivity index (χ3v) is 2.98. The number of furan rings is 1. The van der Waals surface area contributed by atoms with Gasteiger partial charge in [-0.2, -0.15) is 0 Å². The first kappa shape index (κ1) is 13.1. The number of aryl methyl sites for hydroxylation is 1. The number of hydrogen-bond acceptors (Lipinski definition) is 6. The zero-order valence-corrected chi connectivity index (χ0v) is 11.7. The van der Waals surface area contributed by atoms with E-state index in [0.29, 0.717) is 23.0 Å². The molecule has 0 aliphatic heterocycles. The smallest absolute Gasteiger partial charge is 0.221 e. The molecule has 0 saturated heterocycles. The van der Waals surface area contributed by atoms with Crippen molar-refractivity contribution in [3.05, 3.63) is 42.3 Å². The van der Waals surface area contributed by atoms with Crippen LogP contribution < -0.4 is 10.5 Å². The van der Waals surface area contributed by atoms with Gasteiger partial charge >= 0.3 is 0 Å². The van der Waals surface area contributed by atoms with Crippen molar-refractivity contribution in [2.45, 2.75) is 6.92 Å². The molecule has 0 saturated carbocycles. The van der Waals surface area contributed by atoms with Crippen LogP contribution in [0, 0.1) is 6.92 Å². The van der Waals surface area contributed by atoms with Gasteiger partial charge in [0, 0.05) is 17.8 Å². The summed E-state index contributed by atoms with van der Waals surface area (Å²) in [5, 5.41) is 0. The van der Waals surface area contributed by atoms with Crippen LogP contribution >= 0.6 is 0 Å². The molecule has 3 rings (SSSR count). The quantitative estimate of drug-likeness (QED) is 0.794. The van der Waals surface area contributed by atoms with E-state index in [2.05, 4.69) is 15.0 Å². The van der Waals surface area contributed by atoms with E-state index in [1.807, 2.05) is 31.2 Å². The molecule has 0 amide bonds. The lowest BCUT2D eigenvalue weighted by atomic mass is 10.1. The predicted molar refractivity (Wildman–Crippen MR) is 78.7 cm³/mol. The van der Waals surface area contributed by atoms with Crippen molar-refractivity contribution in [2.24, 2.45) is 0 Å². The topological polar surface area (TPSA) is 87.1 Å². The van der Waals surface area contributed by atoms with E-state index in [1.54, 1.807) is 19.4 Å². The number of nitrogen functional groups attached to an aromatic ring is 1. The molecule has 3 aromatic heterocycles. The van der Waals surface area contributed by atoms with Gasteiger partial charge in [0.1, 0.15) is 11.5 Å². The molecule has 0 aliphatic rings. The first-order valence-corrected chi connectivity index (χ1v) is 6.37. The maximum atomic E-state index is 5.80. The Morgan fingerprint density at radius 3 is 2.62 bits per heavy atom. The minimum atomic E-state index is 0.187. The minimum Gasteiger partial charge on any atom is -0.481 e. The number of pyridine rings is 1. The average Bonchev–Trinajstić information content (AvgIpc) is 2.93. The number of anilines is 1. The Balaban J connectivity index is 2.09. The van der Waals surface area contributed by atoms with Crippen LogP contribution in [-0.4, -0.2) is 22.1 Å². The molecule has 3 aromatic rings. The van der Waals surface area contributed by atoms with Gasteiger partial charge in [-0.25, -0.2) is 15.0 Å². The van der Waals surface area contributed by atoms with Crippen LogP contribution in [0.15, 0.2) is 40.9 Å². The Morgan fingerprint density at radius 2 is 1.90 bits per heavy atom. The normalized spacial score (nSPS) is 10.6. The molecule has 0 unspecified atom stereocenters. The Morgan fingerprint density at radius 1 is 1.10 bits per heavy atom. The molecule has 21 heavy (non-hydrogen) atoms. The standard InChI is InChI=1S/C15H14N4O2/c1-9-3-4-13(21-9)12-8-11(18-15(16)19-12)10-5-6-17-14(7-10)20-2/h3-8H,1-2H3,(H2,16,18,19). The molecule has 6 heteroatoms. The lowest BCUT2D eigenvalue weighted by Gasteiger charge is -2.06. The van der Waals surface area contributed by atoms with Crippen LogP contribution in [-0.2, 0) is 0 Å². The summed E-state index contributed by atoms with van der Waals surface area (Å²) < 4.78 is 10.7. The third-order valence-electron chi connectivity index (χ3n) is 2.98. The summed E-state index contributed by atoms with van der Waals surface area (Å²) in [5.41, 5.74) is 7.98. The fourth-order valence-corrected chi connectivity index (χ4v) is 1.99. The van der Waals surface area contributed by atoms with Crippen LogP contribution in [0.2, 0.25) is 0 Å². The van der Waals surface area contributed by atoms with Crippen LogP contribution in [0.5, 0.6) is 5.88 Å². The molecule has 2 N–H and O–H groups in total. The number of ether oxygens (including phenoxy) is 1. The van der Waals surface area contributed by atoms with E-state index in [9.17, 15) is 0 Å². The Bertz CT molecular complexity index is 783. The first-order chi connectivity index (χ1) is 10.2. The zero-order chi connectivity index (χ0) is 14.8. The summed E-state index contributed by atoms with van der Waals surface area (Å²) in [6.07, 6.45) is 1.66. The number of nitrogens with two attached hydrogens (primary N) is 1.